The number of likely N-dealkylation sites (tertiary alicyclic amines) is 1. The summed E-state index contributed by atoms with van der Waals surface area (Å²) in [5.41, 5.74) is 6.87. The first-order chi connectivity index (χ1) is 10.6. The lowest BCUT2D eigenvalue weighted by Gasteiger charge is -2.17. The molecule has 0 bridgehead atoms. The normalized spacial score (nSPS) is 19.6. The van der Waals surface area contributed by atoms with Crippen LogP contribution in [-0.2, 0) is 0 Å². The van der Waals surface area contributed by atoms with Crippen LogP contribution in [0.4, 0.5) is 5.69 Å². The monoisotopic (exact) mass is 304 g/mol. The van der Waals surface area contributed by atoms with Crippen molar-refractivity contribution < 1.29 is 4.74 Å². The Balaban J connectivity index is 1.80. The molecule has 122 valence electrons. The van der Waals surface area contributed by atoms with Gasteiger partial charge in [0.2, 0.25) is 0 Å². The molecule has 1 saturated heterocycles. The Labute approximate surface area is 133 Å². The van der Waals surface area contributed by atoms with E-state index < -0.39 is 0 Å². The van der Waals surface area contributed by atoms with Crippen molar-refractivity contribution in [2.45, 2.75) is 20.3 Å². The summed E-state index contributed by atoms with van der Waals surface area (Å²) in [6.07, 6.45) is 1.21. The first-order valence-electron chi connectivity index (χ1n) is 8.00. The number of nitrogens with zero attached hydrogens (tertiary/aromatic N) is 2. The Morgan fingerprint density at radius 3 is 3.05 bits per heavy atom. The number of methoxy groups -OCH3 is 1. The van der Waals surface area contributed by atoms with Crippen LogP contribution in [-0.4, -0.2) is 44.1 Å². The highest BCUT2D eigenvalue weighted by Crippen LogP contribution is 2.18. The number of ether oxygens (including phenoxy) is 1. The lowest BCUT2D eigenvalue weighted by atomic mass is 10.1. The van der Waals surface area contributed by atoms with E-state index in [9.17, 15) is 0 Å². The third-order valence-corrected chi connectivity index (χ3v) is 3.86. The zero-order valence-electron chi connectivity index (χ0n) is 13.9. The molecule has 3 N–H and O–H groups in total. The molecule has 0 aliphatic carbocycles. The summed E-state index contributed by atoms with van der Waals surface area (Å²) in [4.78, 5) is 7.01. The van der Waals surface area contributed by atoms with Crippen LogP contribution in [0, 0.1) is 11.8 Å². The molecule has 0 amide bonds. The van der Waals surface area contributed by atoms with Crippen LogP contribution in [0.3, 0.4) is 0 Å². The second kappa shape index (κ2) is 8.03. The van der Waals surface area contributed by atoms with Gasteiger partial charge in [0, 0.05) is 31.4 Å². The van der Waals surface area contributed by atoms with Crippen molar-refractivity contribution in [2.24, 2.45) is 22.6 Å². The summed E-state index contributed by atoms with van der Waals surface area (Å²) in [6.45, 7) is 8.81. The van der Waals surface area contributed by atoms with E-state index in [0.717, 1.165) is 30.4 Å². The summed E-state index contributed by atoms with van der Waals surface area (Å²) in [5.74, 6) is 2.61. The number of guanidine groups is 1. The molecule has 2 rings (SSSR count). The maximum Gasteiger partial charge on any atom is 0.193 e. The maximum absolute atomic E-state index is 5.98. The number of hydrogen-bond donors (Lipinski definition) is 2. The fourth-order valence-electron chi connectivity index (χ4n) is 2.86. The Morgan fingerprint density at radius 1 is 1.50 bits per heavy atom. The van der Waals surface area contributed by atoms with Crippen molar-refractivity contribution in [1.82, 2.24) is 4.90 Å². The summed E-state index contributed by atoms with van der Waals surface area (Å²) in [6, 6.07) is 7.68. The molecule has 1 aliphatic heterocycles. The molecule has 1 unspecified atom stereocenters. The minimum Gasteiger partial charge on any atom is -0.497 e. The van der Waals surface area contributed by atoms with E-state index in [1.165, 1.54) is 19.5 Å². The van der Waals surface area contributed by atoms with E-state index in [2.05, 4.69) is 29.1 Å². The Morgan fingerprint density at radius 2 is 2.32 bits per heavy atom. The Bertz CT molecular complexity index is 501. The van der Waals surface area contributed by atoms with Gasteiger partial charge in [-0.2, -0.15) is 0 Å². The zero-order valence-corrected chi connectivity index (χ0v) is 13.9. The van der Waals surface area contributed by atoms with Crippen LogP contribution in [0.25, 0.3) is 0 Å². The molecule has 1 atom stereocenters. The maximum atomic E-state index is 5.98. The summed E-state index contributed by atoms with van der Waals surface area (Å²) >= 11 is 0. The van der Waals surface area contributed by atoms with Crippen LogP contribution in [0.15, 0.2) is 29.3 Å². The SMILES string of the molecule is COc1cccc(NC(N)=NCC2CCN(CC(C)C)C2)c1. The second-order valence-corrected chi connectivity index (χ2v) is 6.39. The van der Waals surface area contributed by atoms with Crippen molar-refractivity contribution in [1.29, 1.82) is 0 Å². The number of benzene rings is 1. The van der Waals surface area contributed by atoms with Crippen LogP contribution in [0.5, 0.6) is 5.75 Å². The molecular weight excluding hydrogens is 276 g/mol. The average Bonchev–Trinajstić information content (AvgIpc) is 2.92. The largest absolute Gasteiger partial charge is 0.497 e. The summed E-state index contributed by atoms with van der Waals surface area (Å²) in [7, 11) is 1.65. The van der Waals surface area contributed by atoms with Gasteiger partial charge in [0.05, 0.1) is 7.11 Å². The van der Waals surface area contributed by atoms with E-state index >= 15 is 0 Å². The lowest BCUT2D eigenvalue weighted by molar-refractivity contribution is 0.288. The number of rotatable bonds is 6. The molecule has 5 heteroatoms. The van der Waals surface area contributed by atoms with Crippen molar-refractivity contribution in [3.8, 4) is 5.75 Å². The first-order valence-corrected chi connectivity index (χ1v) is 8.00. The van der Waals surface area contributed by atoms with Gasteiger partial charge in [-0.05, 0) is 36.9 Å². The standard InChI is InChI=1S/C17H28N4O/c1-13(2)11-21-8-7-14(12-21)10-19-17(18)20-15-5-4-6-16(9-15)22-3/h4-6,9,13-14H,7-8,10-12H2,1-3H3,(H3,18,19,20). The number of anilines is 1. The van der Waals surface area contributed by atoms with Crippen LogP contribution >= 0.6 is 0 Å². The Hall–Kier alpha value is -1.75. The highest BCUT2D eigenvalue weighted by molar-refractivity contribution is 5.92. The number of nitrogens with two attached hydrogens (primary N) is 1. The molecule has 1 aromatic rings. The fourth-order valence-corrected chi connectivity index (χ4v) is 2.86. The number of aliphatic imine (C=N–C) groups is 1. The minimum absolute atomic E-state index is 0.468. The predicted molar refractivity (Wildman–Crippen MR) is 92.5 cm³/mol. The molecule has 0 spiro atoms. The number of nitrogens with one attached hydrogen (secondary N) is 1. The van der Waals surface area contributed by atoms with E-state index in [4.69, 9.17) is 10.5 Å². The smallest absolute Gasteiger partial charge is 0.193 e. The zero-order chi connectivity index (χ0) is 15.9. The van der Waals surface area contributed by atoms with Gasteiger partial charge in [0.15, 0.2) is 5.96 Å². The lowest BCUT2D eigenvalue weighted by Crippen LogP contribution is -2.26. The topological polar surface area (TPSA) is 62.9 Å². The highest BCUT2D eigenvalue weighted by atomic mass is 16.5. The van der Waals surface area contributed by atoms with E-state index in [-0.39, 0.29) is 0 Å². The van der Waals surface area contributed by atoms with Gasteiger partial charge in [0.25, 0.3) is 0 Å². The molecule has 0 radical (unpaired) electrons. The molecular formula is C17H28N4O. The molecule has 0 aromatic heterocycles. The van der Waals surface area contributed by atoms with E-state index in [1.807, 2.05) is 24.3 Å². The quantitative estimate of drug-likeness (QED) is 0.626. The molecule has 22 heavy (non-hydrogen) atoms. The number of hydrogen-bond acceptors (Lipinski definition) is 3. The van der Waals surface area contributed by atoms with Gasteiger partial charge >= 0.3 is 0 Å². The van der Waals surface area contributed by atoms with E-state index in [1.54, 1.807) is 7.11 Å². The molecule has 1 heterocycles. The third-order valence-electron chi connectivity index (χ3n) is 3.86. The third kappa shape index (κ3) is 5.22. The molecule has 0 saturated carbocycles. The molecule has 5 nitrogen and oxygen atoms in total. The molecule has 1 aliphatic rings. The van der Waals surface area contributed by atoms with Gasteiger partial charge in [-0.3, -0.25) is 4.99 Å². The molecule has 1 fully saturated rings. The van der Waals surface area contributed by atoms with Crippen molar-refractivity contribution >= 4 is 11.6 Å². The van der Waals surface area contributed by atoms with Gasteiger partial charge in [0.1, 0.15) is 5.75 Å². The fraction of sp³-hybridized carbons (Fsp3) is 0.588. The second-order valence-electron chi connectivity index (χ2n) is 6.39. The first kappa shape index (κ1) is 16.6. The minimum atomic E-state index is 0.468. The van der Waals surface area contributed by atoms with Gasteiger partial charge in [-0.25, -0.2) is 0 Å². The van der Waals surface area contributed by atoms with Crippen LogP contribution < -0.4 is 15.8 Å². The average molecular weight is 304 g/mol. The van der Waals surface area contributed by atoms with Crippen molar-refractivity contribution in [3.63, 3.8) is 0 Å². The Kier molecular flexibility index (Phi) is 6.07. The molecule has 1 aromatic carbocycles. The van der Waals surface area contributed by atoms with Crippen molar-refractivity contribution in [2.75, 3.05) is 38.6 Å². The van der Waals surface area contributed by atoms with Crippen LogP contribution in [0.2, 0.25) is 0 Å². The summed E-state index contributed by atoms with van der Waals surface area (Å²) in [5, 5.41) is 3.12. The van der Waals surface area contributed by atoms with Gasteiger partial charge < -0.3 is 20.7 Å². The predicted octanol–water partition coefficient (Wildman–Crippen LogP) is 2.40. The highest BCUT2D eigenvalue weighted by Gasteiger charge is 2.22. The summed E-state index contributed by atoms with van der Waals surface area (Å²) < 4.78 is 5.19. The van der Waals surface area contributed by atoms with Gasteiger partial charge in [-0.15, -0.1) is 0 Å². The van der Waals surface area contributed by atoms with Gasteiger partial charge in [-0.1, -0.05) is 19.9 Å². The van der Waals surface area contributed by atoms with Crippen LogP contribution in [0.1, 0.15) is 20.3 Å². The van der Waals surface area contributed by atoms with E-state index in [0.29, 0.717) is 11.9 Å². The van der Waals surface area contributed by atoms with Crippen molar-refractivity contribution in [3.05, 3.63) is 24.3 Å².